The number of nitrogen functional groups attached to an aromatic ring is 1. The van der Waals surface area contributed by atoms with Crippen LogP contribution in [0.2, 0.25) is 0 Å². The normalized spacial score (nSPS) is 13.9. The number of benzene rings is 2. The van der Waals surface area contributed by atoms with Crippen LogP contribution in [0.25, 0.3) is 11.1 Å². The van der Waals surface area contributed by atoms with Gasteiger partial charge >= 0.3 is 5.97 Å². The fraction of sp³-hybridized carbons (Fsp3) is 0.250. The van der Waals surface area contributed by atoms with Crippen molar-refractivity contribution >= 4 is 22.8 Å². The van der Waals surface area contributed by atoms with Crippen LogP contribution in [-0.2, 0) is 4.74 Å². The summed E-state index contributed by atoms with van der Waals surface area (Å²) in [4.78, 5) is 11.9. The molecule has 5 heteroatoms. The van der Waals surface area contributed by atoms with Crippen molar-refractivity contribution in [1.82, 2.24) is 0 Å². The van der Waals surface area contributed by atoms with Crippen LogP contribution in [-0.4, -0.2) is 20.2 Å². The van der Waals surface area contributed by atoms with Crippen LogP contribution in [0.3, 0.4) is 0 Å². The van der Waals surface area contributed by atoms with E-state index in [2.05, 4.69) is 0 Å². The molecule has 2 aromatic carbocycles. The van der Waals surface area contributed by atoms with E-state index in [1.807, 2.05) is 6.07 Å². The zero-order chi connectivity index (χ0) is 18.0. The molecule has 1 aliphatic carbocycles. The molecule has 0 fully saturated rings. The van der Waals surface area contributed by atoms with E-state index in [1.54, 1.807) is 25.3 Å². The van der Waals surface area contributed by atoms with Crippen molar-refractivity contribution in [1.29, 1.82) is 0 Å². The number of anilines is 1. The first-order valence-corrected chi connectivity index (χ1v) is 8.08. The molecular weight excluding hydrogens is 321 g/mol. The van der Waals surface area contributed by atoms with Crippen molar-refractivity contribution in [2.75, 3.05) is 20.0 Å². The molecule has 0 amide bonds. The lowest BCUT2D eigenvalue weighted by Gasteiger charge is -2.14. The highest BCUT2D eigenvalue weighted by atomic mass is 19.1. The lowest BCUT2D eigenvalue weighted by atomic mass is 9.95. The number of carbonyl (C=O) groups excluding carboxylic acids is 1. The Morgan fingerprint density at radius 1 is 1.08 bits per heavy atom. The third-order valence-corrected chi connectivity index (χ3v) is 4.43. The first-order chi connectivity index (χ1) is 12.0. The molecule has 2 aromatic rings. The van der Waals surface area contributed by atoms with Crippen LogP contribution in [0.4, 0.5) is 10.1 Å². The van der Waals surface area contributed by atoms with Gasteiger partial charge < -0.3 is 15.2 Å². The predicted molar refractivity (Wildman–Crippen MR) is 95.8 cm³/mol. The largest absolute Gasteiger partial charge is 0.496 e. The van der Waals surface area contributed by atoms with Crippen molar-refractivity contribution in [3.05, 3.63) is 58.9 Å². The summed E-state index contributed by atoms with van der Waals surface area (Å²) in [6.45, 7) is 0. The van der Waals surface area contributed by atoms with E-state index in [0.717, 1.165) is 41.5 Å². The smallest absolute Gasteiger partial charge is 0.337 e. The molecule has 2 N–H and O–H groups in total. The zero-order valence-corrected chi connectivity index (χ0v) is 14.3. The van der Waals surface area contributed by atoms with Gasteiger partial charge in [0.15, 0.2) is 0 Å². The van der Waals surface area contributed by atoms with E-state index < -0.39 is 5.97 Å². The minimum absolute atomic E-state index is 0.308. The van der Waals surface area contributed by atoms with Crippen LogP contribution in [0.5, 0.6) is 5.75 Å². The minimum Gasteiger partial charge on any atom is -0.496 e. The van der Waals surface area contributed by atoms with E-state index >= 15 is 0 Å². The topological polar surface area (TPSA) is 61.5 Å². The Morgan fingerprint density at radius 2 is 1.84 bits per heavy atom. The quantitative estimate of drug-likeness (QED) is 0.665. The van der Waals surface area contributed by atoms with Crippen LogP contribution >= 0.6 is 0 Å². The molecule has 0 spiro atoms. The molecule has 1 aliphatic rings. The first kappa shape index (κ1) is 17.0. The Morgan fingerprint density at radius 3 is 2.56 bits per heavy atom. The molecule has 0 aromatic heterocycles. The second kappa shape index (κ2) is 6.97. The van der Waals surface area contributed by atoms with Gasteiger partial charge in [-0.25, -0.2) is 9.18 Å². The SMILES string of the molecule is COC(=O)c1cc(N)cc(C2=C(c3cc(F)ccc3OC)CCC2)c1. The Labute approximate surface area is 146 Å². The summed E-state index contributed by atoms with van der Waals surface area (Å²) in [6.07, 6.45) is 2.60. The number of methoxy groups -OCH3 is 2. The number of allylic oxidation sites excluding steroid dienone is 2. The van der Waals surface area contributed by atoms with Gasteiger partial charge in [-0.3, -0.25) is 0 Å². The van der Waals surface area contributed by atoms with Gasteiger partial charge in [-0.15, -0.1) is 0 Å². The molecule has 0 radical (unpaired) electrons. The third kappa shape index (κ3) is 3.36. The van der Waals surface area contributed by atoms with Gasteiger partial charge in [0.2, 0.25) is 0 Å². The fourth-order valence-corrected chi connectivity index (χ4v) is 3.34. The Hall–Kier alpha value is -2.82. The second-order valence-electron chi connectivity index (χ2n) is 5.99. The van der Waals surface area contributed by atoms with Gasteiger partial charge in [0.1, 0.15) is 11.6 Å². The molecule has 4 nitrogen and oxygen atoms in total. The molecule has 0 bridgehead atoms. The maximum atomic E-state index is 13.8. The molecule has 130 valence electrons. The Kier molecular flexibility index (Phi) is 4.74. The molecule has 0 unspecified atom stereocenters. The van der Waals surface area contributed by atoms with Crippen molar-refractivity contribution in [3.63, 3.8) is 0 Å². The molecule has 0 atom stereocenters. The first-order valence-electron chi connectivity index (χ1n) is 8.08. The van der Waals surface area contributed by atoms with Gasteiger partial charge in [-0.05, 0) is 72.4 Å². The number of rotatable bonds is 4. The summed E-state index contributed by atoms with van der Waals surface area (Å²) in [7, 11) is 2.91. The average molecular weight is 341 g/mol. The highest BCUT2D eigenvalue weighted by molar-refractivity contribution is 5.97. The monoisotopic (exact) mass is 341 g/mol. The number of esters is 1. The van der Waals surface area contributed by atoms with Crippen LogP contribution in [0.1, 0.15) is 40.7 Å². The number of hydrogen-bond donors (Lipinski definition) is 1. The molecule has 0 saturated carbocycles. The fourth-order valence-electron chi connectivity index (χ4n) is 3.34. The van der Waals surface area contributed by atoms with E-state index in [0.29, 0.717) is 17.0 Å². The van der Waals surface area contributed by atoms with Gasteiger partial charge in [-0.2, -0.15) is 0 Å². The summed E-state index contributed by atoms with van der Waals surface area (Å²) in [5.74, 6) is -0.109. The minimum atomic E-state index is -0.433. The van der Waals surface area contributed by atoms with E-state index in [-0.39, 0.29) is 5.82 Å². The van der Waals surface area contributed by atoms with Gasteiger partial charge in [0.25, 0.3) is 0 Å². The highest BCUT2D eigenvalue weighted by Gasteiger charge is 2.22. The molecule has 0 aliphatic heterocycles. The number of hydrogen-bond acceptors (Lipinski definition) is 4. The zero-order valence-electron chi connectivity index (χ0n) is 14.3. The second-order valence-corrected chi connectivity index (χ2v) is 5.99. The van der Waals surface area contributed by atoms with E-state index in [1.165, 1.54) is 19.2 Å². The lowest BCUT2D eigenvalue weighted by Crippen LogP contribution is -2.03. The maximum absolute atomic E-state index is 13.8. The summed E-state index contributed by atoms with van der Waals surface area (Å²) in [5, 5.41) is 0. The molecule has 3 rings (SSSR count). The Balaban J connectivity index is 2.16. The van der Waals surface area contributed by atoms with Crippen LogP contribution in [0.15, 0.2) is 36.4 Å². The number of halogens is 1. The average Bonchev–Trinajstić information content (AvgIpc) is 3.10. The molecule has 25 heavy (non-hydrogen) atoms. The van der Waals surface area contributed by atoms with Crippen LogP contribution in [0, 0.1) is 5.82 Å². The summed E-state index contributed by atoms with van der Waals surface area (Å²) < 4.78 is 24.0. The van der Waals surface area contributed by atoms with Crippen molar-refractivity contribution in [2.45, 2.75) is 19.3 Å². The standard InChI is InChI=1S/C20H20FNO3/c1-24-19-7-6-14(21)11-18(19)17-5-3-4-16(17)12-8-13(20(23)25-2)10-15(22)9-12/h6-11H,3-5,22H2,1-2H3. The van der Waals surface area contributed by atoms with Gasteiger partial charge in [0.05, 0.1) is 19.8 Å². The number of nitrogens with two attached hydrogens (primary N) is 1. The lowest BCUT2D eigenvalue weighted by molar-refractivity contribution is 0.0600. The summed E-state index contributed by atoms with van der Waals surface area (Å²) in [5.41, 5.74) is 10.6. The van der Waals surface area contributed by atoms with E-state index in [9.17, 15) is 9.18 Å². The van der Waals surface area contributed by atoms with Crippen molar-refractivity contribution in [2.24, 2.45) is 0 Å². The predicted octanol–water partition coefficient (Wildman–Crippen LogP) is 4.30. The highest BCUT2D eigenvalue weighted by Crippen LogP contribution is 2.43. The van der Waals surface area contributed by atoms with Gasteiger partial charge in [-0.1, -0.05) is 0 Å². The van der Waals surface area contributed by atoms with Crippen LogP contribution < -0.4 is 10.5 Å². The Bertz CT molecular complexity index is 858. The van der Waals surface area contributed by atoms with E-state index in [4.69, 9.17) is 15.2 Å². The number of ether oxygens (including phenoxy) is 2. The third-order valence-electron chi connectivity index (χ3n) is 4.43. The number of carbonyl (C=O) groups is 1. The maximum Gasteiger partial charge on any atom is 0.337 e. The van der Waals surface area contributed by atoms with Gasteiger partial charge in [0, 0.05) is 11.3 Å². The van der Waals surface area contributed by atoms with Crippen molar-refractivity contribution in [3.8, 4) is 5.75 Å². The summed E-state index contributed by atoms with van der Waals surface area (Å²) >= 11 is 0. The molecule has 0 saturated heterocycles. The van der Waals surface area contributed by atoms with Crippen molar-refractivity contribution < 1.29 is 18.7 Å². The molecular formula is C20H20FNO3. The molecule has 0 heterocycles. The summed E-state index contributed by atoms with van der Waals surface area (Å²) in [6, 6.07) is 9.70.